The number of fused-ring (bicyclic) bond motifs is 1. The number of ether oxygens (including phenoxy) is 1. The van der Waals surface area contributed by atoms with Crippen LogP contribution in [0.15, 0.2) is 18.2 Å². The molecular formula is C17H24N4O4. The van der Waals surface area contributed by atoms with Gasteiger partial charge in [-0.25, -0.2) is 0 Å². The number of nitrogens with one attached hydrogen (secondary N) is 1. The van der Waals surface area contributed by atoms with Crippen molar-refractivity contribution >= 4 is 23.4 Å². The monoisotopic (exact) mass is 348 g/mol. The maximum absolute atomic E-state index is 12.1. The molecule has 1 aromatic carbocycles. The Morgan fingerprint density at radius 1 is 1.36 bits per heavy atom. The highest BCUT2D eigenvalue weighted by molar-refractivity contribution is 5.95. The zero-order chi connectivity index (χ0) is 18.6. The van der Waals surface area contributed by atoms with Gasteiger partial charge in [0.05, 0.1) is 18.2 Å². The number of benzene rings is 1. The summed E-state index contributed by atoms with van der Waals surface area (Å²) in [5, 5.41) is 2.67. The molecule has 8 heteroatoms. The highest BCUT2D eigenvalue weighted by Crippen LogP contribution is 2.34. The van der Waals surface area contributed by atoms with Gasteiger partial charge in [-0.3, -0.25) is 14.4 Å². The number of hydrogen-bond donors (Lipinski definition) is 2. The first-order chi connectivity index (χ1) is 11.8. The lowest BCUT2D eigenvalue weighted by molar-refractivity contribution is -0.122. The predicted octanol–water partition coefficient (Wildman–Crippen LogP) is -0.0327. The third-order valence-corrected chi connectivity index (χ3v) is 4.09. The summed E-state index contributed by atoms with van der Waals surface area (Å²) in [6.45, 7) is 0.594. The molecular weight excluding hydrogens is 324 g/mol. The molecule has 2 rings (SSSR count). The number of carbonyl (C=O) groups excluding carboxylic acids is 3. The zero-order valence-corrected chi connectivity index (χ0v) is 14.7. The van der Waals surface area contributed by atoms with Crippen molar-refractivity contribution in [2.24, 2.45) is 5.73 Å². The Morgan fingerprint density at radius 3 is 2.72 bits per heavy atom. The summed E-state index contributed by atoms with van der Waals surface area (Å²) in [5.41, 5.74) is 6.38. The van der Waals surface area contributed by atoms with Crippen LogP contribution in [0.1, 0.15) is 23.2 Å². The first kappa shape index (κ1) is 18.6. The molecule has 1 aliphatic rings. The molecule has 0 aliphatic carbocycles. The summed E-state index contributed by atoms with van der Waals surface area (Å²) in [5.74, 6) is -0.0400. The van der Waals surface area contributed by atoms with Crippen molar-refractivity contribution in [1.82, 2.24) is 10.2 Å². The van der Waals surface area contributed by atoms with Crippen LogP contribution >= 0.6 is 0 Å². The van der Waals surface area contributed by atoms with Crippen LogP contribution in [0.3, 0.4) is 0 Å². The lowest BCUT2D eigenvalue weighted by Gasteiger charge is -2.35. The smallest absolute Gasteiger partial charge is 0.253 e. The summed E-state index contributed by atoms with van der Waals surface area (Å²) in [6.07, 6.45) is 0.335. The van der Waals surface area contributed by atoms with E-state index in [0.29, 0.717) is 17.9 Å². The second kappa shape index (κ2) is 7.87. The molecule has 1 aromatic rings. The van der Waals surface area contributed by atoms with Gasteiger partial charge in [-0.15, -0.1) is 0 Å². The van der Waals surface area contributed by atoms with E-state index in [1.165, 1.54) is 4.90 Å². The Bertz CT molecular complexity index is 675. The molecule has 0 radical (unpaired) electrons. The molecule has 0 saturated heterocycles. The molecule has 0 bridgehead atoms. The minimum absolute atomic E-state index is 0.0949. The number of rotatable bonds is 6. The van der Waals surface area contributed by atoms with E-state index in [-0.39, 0.29) is 37.2 Å². The quantitative estimate of drug-likeness (QED) is 0.751. The first-order valence-electron chi connectivity index (χ1n) is 8.06. The van der Waals surface area contributed by atoms with Crippen molar-refractivity contribution in [3.05, 3.63) is 23.8 Å². The van der Waals surface area contributed by atoms with E-state index in [1.807, 2.05) is 11.9 Å². The normalized spacial score (nSPS) is 15.8. The van der Waals surface area contributed by atoms with Gasteiger partial charge in [0.25, 0.3) is 5.91 Å². The summed E-state index contributed by atoms with van der Waals surface area (Å²) < 4.78 is 5.72. The summed E-state index contributed by atoms with van der Waals surface area (Å²) in [6, 6.07) is 5.11. The first-order valence-corrected chi connectivity index (χ1v) is 8.06. The van der Waals surface area contributed by atoms with E-state index < -0.39 is 5.91 Å². The molecule has 3 amide bonds. The van der Waals surface area contributed by atoms with Gasteiger partial charge in [-0.05, 0) is 18.2 Å². The standard InChI is InChI=1S/C17H24N4O4/c1-20(2)17(24)11-4-5-14-13(8-11)21(3)12(10-25-14)9-16(23)19-7-6-15(18)22/h4-5,8,12H,6-7,9-10H2,1-3H3,(H2,18,22)(H,19,23)/t12-/m0/s1. The molecule has 8 nitrogen and oxygen atoms in total. The van der Waals surface area contributed by atoms with Crippen LogP contribution in [-0.4, -0.2) is 63.0 Å². The molecule has 136 valence electrons. The molecule has 1 atom stereocenters. The number of nitrogens with zero attached hydrogens (tertiary/aromatic N) is 2. The van der Waals surface area contributed by atoms with Crippen molar-refractivity contribution in [1.29, 1.82) is 0 Å². The largest absolute Gasteiger partial charge is 0.489 e. The van der Waals surface area contributed by atoms with E-state index in [9.17, 15) is 14.4 Å². The van der Waals surface area contributed by atoms with Gasteiger partial charge in [0.2, 0.25) is 11.8 Å². The van der Waals surface area contributed by atoms with Crippen LogP contribution in [0.5, 0.6) is 5.75 Å². The van der Waals surface area contributed by atoms with Crippen molar-refractivity contribution in [2.45, 2.75) is 18.9 Å². The SMILES string of the molecule is CN(C)C(=O)c1ccc2c(c1)N(C)[C@@H](CC(=O)NCCC(N)=O)CO2. The van der Waals surface area contributed by atoms with Crippen molar-refractivity contribution in [2.75, 3.05) is 39.2 Å². The van der Waals surface area contributed by atoms with Crippen molar-refractivity contribution < 1.29 is 19.1 Å². The van der Waals surface area contributed by atoms with Crippen LogP contribution in [0.25, 0.3) is 0 Å². The van der Waals surface area contributed by atoms with Gasteiger partial charge < -0.3 is 25.6 Å². The van der Waals surface area contributed by atoms with Gasteiger partial charge in [-0.2, -0.15) is 0 Å². The third kappa shape index (κ3) is 4.62. The summed E-state index contributed by atoms with van der Waals surface area (Å²) in [7, 11) is 5.26. The van der Waals surface area contributed by atoms with Gasteiger partial charge in [0.1, 0.15) is 12.4 Å². The van der Waals surface area contributed by atoms with E-state index >= 15 is 0 Å². The minimum atomic E-state index is -0.453. The fraction of sp³-hybridized carbons (Fsp3) is 0.471. The number of hydrogen-bond acceptors (Lipinski definition) is 5. The van der Waals surface area contributed by atoms with Crippen LogP contribution in [0, 0.1) is 0 Å². The van der Waals surface area contributed by atoms with Crippen molar-refractivity contribution in [3.63, 3.8) is 0 Å². The van der Waals surface area contributed by atoms with Crippen LogP contribution in [-0.2, 0) is 9.59 Å². The average molecular weight is 348 g/mol. The zero-order valence-electron chi connectivity index (χ0n) is 14.7. The molecule has 0 fully saturated rings. The highest BCUT2D eigenvalue weighted by Gasteiger charge is 2.27. The Hall–Kier alpha value is -2.77. The minimum Gasteiger partial charge on any atom is -0.489 e. The molecule has 0 spiro atoms. The fourth-order valence-corrected chi connectivity index (χ4v) is 2.61. The maximum Gasteiger partial charge on any atom is 0.253 e. The average Bonchev–Trinajstić information content (AvgIpc) is 2.56. The topological polar surface area (TPSA) is 105 Å². The van der Waals surface area contributed by atoms with Crippen LogP contribution in [0.4, 0.5) is 5.69 Å². The molecule has 0 saturated carbocycles. The number of nitrogens with two attached hydrogens (primary N) is 1. The van der Waals surface area contributed by atoms with Crippen LogP contribution in [0.2, 0.25) is 0 Å². The number of primary amides is 1. The van der Waals surface area contributed by atoms with Gasteiger partial charge in [0.15, 0.2) is 0 Å². The van der Waals surface area contributed by atoms with Gasteiger partial charge >= 0.3 is 0 Å². The Morgan fingerprint density at radius 2 is 2.08 bits per heavy atom. The van der Waals surface area contributed by atoms with E-state index in [2.05, 4.69) is 5.32 Å². The maximum atomic E-state index is 12.1. The number of anilines is 1. The fourth-order valence-electron chi connectivity index (χ4n) is 2.61. The summed E-state index contributed by atoms with van der Waals surface area (Å²) in [4.78, 5) is 38.3. The Balaban J connectivity index is 2.05. The van der Waals surface area contributed by atoms with E-state index in [1.54, 1.807) is 32.3 Å². The van der Waals surface area contributed by atoms with Gasteiger partial charge in [-0.1, -0.05) is 0 Å². The predicted molar refractivity (Wildman–Crippen MR) is 93.6 cm³/mol. The second-order valence-corrected chi connectivity index (χ2v) is 6.23. The third-order valence-electron chi connectivity index (χ3n) is 4.09. The molecule has 0 aromatic heterocycles. The molecule has 1 heterocycles. The lowest BCUT2D eigenvalue weighted by Crippen LogP contribution is -2.44. The number of amides is 3. The van der Waals surface area contributed by atoms with Crippen LogP contribution < -0.4 is 20.7 Å². The summed E-state index contributed by atoms with van der Waals surface area (Å²) >= 11 is 0. The Labute approximate surface area is 146 Å². The second-order valence-electron chi connectivity index (χ2n) is 6.23. The molecule has 25 heavy (non-hydrogen) atoms. The molecule has 1 aliphatic heterocycles. The van der Waals surface area contributed by atoms with Gasteiger partial charge in [0, 0.05) is 39.7 Å². The van der Waals surface area contributed by atoms with Crippen molar-refractivity contribution in [3.8, 4) is 5.75 Å². The number of carbonyl (C=O) groups is 3. The molecule has 3 N–H and O–H groups in total. The van der Waals surface area contributed by atoms with E-state index in [0.717, 1.165) is 5.69 Å². The molecule has 0 unspecified atom stereocenters. The lowest BCUT2D eigenvalue weighted by atomic mass is 10.1. The highest BCUT2D eigenvalue weighted by atomic mass is 16.5. The number of likely N-dealkylation sites (N-methyl/N-ethyl adjacent to an activating group) is 1. The Kier molecular flexibility index (Phi) is 5.84. The van der Waals surface area contributed by atoms with E-state index in [4.69, 9.17) is 10.5 Å².